The van der Waals surface area contributed by atoms with E-state index in [-0.39, 0.29) is 10.7 Å². The lowest BCUT2D eigenvalue weighted by Crippen LogP contribution is -2.05. The van der Waals surface area contributed by atoms with Crippen molar-refractivity contribution in [2.24, 2.45) is 0 Å². The van der Waals surface area contributed by atoms with Crippen molar-refractivity contribution in [1.29, 1.82) is 0 Å². The van der Waals surface area contributed by atoms with Gasteiger partial charge in [-0.1, -0.05) is 11.6 Å². The summed E-state index contributed by atoms with van der Waals surface area (Å²) in [5, 5.41) is 12.1. The summed E-state index contributed by atoms with van der Waals surface area (Å²) in [6.45, 7) is 0. The highest BCUT2D eigenvalue weighted by molar-refractivity contribution is 6.29. The molecular formula is C9H9ClN2O2. The summed E-state index contributed by atoms with van der Waals surface area (Å²) in [5.41, 5.74) is 0.160. The van der Waals surface area contributed by atoms with Crippen molar-refractivity contribution in [3.8, 4) is 0 Å². The van der Waals surface area contributed by atoms with Gasteiger partial charge in [0, 0.05) is 6.04 Å². The molecule has 1 heterocycles. The lowest BCUT2D eigenvalue weighted by Gasteiger charge is -2.04. The van der Waals surface area contributed by atoms with Crippen LogP contribution in [0.2, 0.25) is 5.15 Å². The van der Waals surface area contributed by atoms with Crippen molar-refractivity contribution in [1.82, 2.24) is 4.98 Å². The van der Waals surface area contributed by atoms with Gasteiger partial charge in [0.05, 0.1) is 5.56 Å². The van der Waals surface area contributed by atoms with Crippen molar-refractivity contribution >= 4 is 23.4 Å². The Balaban J connectivity index is 2.25. The fraction of sp³-hybridized carbons (Fsp3) is 0.333. The molecule has 1 aliphatic rings. The first-order chi connectivity index (χ1) is 6.65. The molecule has 14 heavy (non-hydrogen) atoms. The summed E-state index contributed by atoms with van der Waals surface area (Å²) < 4.78 is 0. The maximum atomic E-state index is 10.7. The minimum Gasteiger partial charge on any atom is -0.478 e. The maximum absolute atomic E-state index is 10.7. The second-order valence-electron chi connectivity index (χ2n) is 3.29. The van der Waals surface area contributed by atoms with Crippen LogP contribution in [0.3, 0.4) is 0 Å². The zero-order chi connectivity index (χ0) is 10.1. The van der Waals surface area contributed by atoms with Crippen LogP contribution in [0, 0.1) is 0 Å². The molecule has 0 bridgehead atoms. The zero-order valence-electron chi connectivity index (χ0n) is 7.33. The molecule has 5 heteroatoms. The van der Waals surface area contributed by atoms with Gasteiger partial charge in [-0.2, -0.15) is 0 Å². The van der Waals surface area contributed by atoms with Gasteiger partial charge in [-0.15, -0.1) is 0 Å². The Morgan fingerprint density at radius 2 is 2.29 bits per heavy atom. The average molecular weight is 213 g/mol. The second-order valence-corrected chi connectivity index (χ2v) is 3.67. The molecule has 0 spiro atoms. The predicted octanol–water partition coefficient (Wildman–Crippen LogP) is 2.01. The maximum Gasteiger partial charge on any atom is 0.335 e. The number of hydrogen-bond acceptors (Lipinski definition) is 3. The van der Waals surface area contributed by atoms with Crippen molar-refractivity contribution in [2.45, 2.75) is 18.9 Å². The third-order valence-corrected chi connectivity index (χ3v) is 2.16. The number of aromatic nitrogens is 1. The first kappa shape index (κ1) is 9.27. The molecule has 2 rings (SSSR count). The van der Waals surface area contributed by atoms with E-state index in [1.54, 1.807) is 0 Å². The van der Waals surface area contributed by atoms with E-state index < -0.39 is 5.97 Å². The Hall–Kier alpha value is -1.29. The standard InChI is InChI=1S/C9H9ClN2O2/c10-7-3-5(9(13)14)4-8(12-7)11-6-1-2-6/h3-4,6H,1-2H2,(H,11,12)(H,13,14). The molecule has 1 aromatic rings. The number of carbonyl (C=O) groups is 1. The number of carboxylic acids is 1. The Kier molecular flexibility index (Phi) is 2.29. The molecular weight excluding hydrogens is 204 g/mol. The monoisotopic (exact) mass is 212 g/mol. The van der Waals surface area contributed by atoms with Crippen molar-refractivity contribution in [3.05, 3.63) is 22.8 Å². The fourth-order valence-electron chi connectivity index (χ4n) is 1.13. The second kappa shape index (κ2) is 3.46. The van der Waals surface area contributed by atoms with Gasteiger partial charge in [-0.05, 0) is 25.0 Å². The van der Waals surface area contributed by atoms with E-state index in [2.05, 4.69) is 10.3 Å². The Morgan fingerprint density at radius 3 is 2.86 bits per heavy atom. The number of nitrogens with one attached hydrogen (secondary N) is 1. The van der Waals surface area contributed by atoms with Crippen LogP contribution >= 0.6 is 11.6 Å². The van der Waals surface area contributed by atoms with Crippen LogP contribution in [0.4, 0.5) is 5.82 Å². The number of anilines is 1. The molecule has 1 aromatic heterocycles. The third kappa shape index (κ3) is 2.14. The summed E-state index contributed by atoms with van der Waals surface area (Å²) in [6, 6.07) is 3.26. The molecule has 2 N–H and O–H groups in total. The molecule has 0 aliphatic heterocycles. The van der Waals surface area contributed by atoms with Crippen LogP contribution in [-0.2, 0) is 0 Å². The van der Waals surface area contributed by atoms with E-state index in [0.29, 0.717) is 11.9 Å². The van der Waals surface area contributed by atoms with E-state index >= 15 is 0 Å². The normalized spacial score (nSPS) is 15.2. The first-order valence-corrected chi connectivity index (χ1v) is 4.70. The number of carboxylic acid groups (broad SMARTS) is 1. The summed E-state index contributed by atoms with van der Waals surface area (Å²) in [4.78, 5) is 14.7. The first-order valence-electron chi connectivity index (χ1n) is 4.32. The highest BCUT2D eigenvalue weighted by atomic mass is 35.5. The van der Waals surface area contributed by atoms with E-state index in [1.165, 1.54) is 12.1 Å². The van der Waals surface area contributed by atoms with E-state index in [9.17, 15) is 4.79 Å². The number of pyridine rings is 1. The van der Waals surface area contributed by atoms with Crippen molar-refractivity contribution in [2.75, 3.05) is 5.32 Å². The SMILES string of the molecule is O=C(O)c1cc(Cl)nc(NC2CC2)c1. The van der Waals surface area contributed by atoms with Gasteiger partial charge in [0.1, 0.15) is 11.0 Å². The van der Waals surface area contributed by atoms with Crippen molar-refractivity contribution in [3.63, 3.8) is 0 Å². The summed E-state index contributed by atoms with van der Waals surface area (Å²) >= 11 is 5.68. The van der Waals surface area contributed by atoms with Crippen LogP contribution in [0.5, 0.6) is 0 Å². The summed E-state index contributed by atoms with van der Waals surface area (Å²) in [6.07, 6.45) is 2.22. The lowest BCUT2D eigenvalue weighted by atomic mass is 10.2. The lowest BCUT2D eigenvalue weighted by molar-refractivity contribution is 0.0697. The smallest absolute Gasteiger partial charge is 0.335 e. The Bertz CT molecular complexity index is 377. The molecule has 0 amide bonds. The van der Waals surface area contributed by atoms with E-state index in [4.69, 9.17) is 16.7 Å². The van der Waals surface area contributed by atoms with Crippen LogP contribution < -0.4 is 5.32 Å². The van der Waals surface area contributed by atoms with Gasteiger partial charge in [-0.25, -0.2) is 9.78 Å². The number of nitrogens with zero attached hydrogens (tertiary/aromatic N) is 1. The minimum absolute atomic E-state index is 0.160. The minimum atomic E-state index is -0.992. The molecule has 1 saturated carbocycles. The van der Waals surface area contributed by atoms with Gasteiger partial charge >= 0.3 is 5.97 Å². The van der Waals surface area contributed by atoms with E-state index in [0.717, 1.165) is 12.8 Å². The third-order valence-electron chi connectivity index (χ3n) is 1.97. The van der Waals surface area contributed by atoms with Gasteiger partial charge in [0.2, 0.25) is 0 Å². The molecule has 0 radical (unpaired) electrons. The van der Waals surface area contributed by atoms with Crippen LogP contribution in [0.25, 0.3) is 0 Å². The molecule has 74 valence electrons. The number of rotatable bonds is 3. The molecule has 0 saturated heterocycles. The van der Waals surface area contributed by atoms with Crippen LogP contribution in [0.1, 0.15) is 23.2 Å². The van der Waals surface area contributed by atoms with Crippen LogP contribution in [0.15, 0.2) is 12.1 Å². The molecule has 1 fully saturated rings. The zero-order valence-corrected chi connectivity index (χ0v) is 8.08. The predicted molar refractivity (Wildman–Crippen MR) is 52.9 cm³/mol. The summed E-state index contributed by atoms with van der Waals surface area (Å²) in [7, 11) is 0. The van der Waals surface area contributed by atoms with Gasteiger partial charge in [0.15, 0.2) is 0 Å². The largest absolute Gasteiger partial charge is 0.478 e. The molecule has 0 atom stereocenters. The van der Waals surface area contributed by atoms with Gasteiger partial charge in [-0.3, -0.25) is 0 Å². The topological polar surface area (TPSA) is 62.2 Å². The number of aromatic carboxylic acids is 1. The van der Waals surface area contributed by atoms with Gasteiger partial charge in [0.25, 0.3) is 0 Å². The quantitative estimate of drug-likeness (QED) is 0.753. The number of hydrogen-bond donors (Lipinski definition) is 2. The molecule has 0 aromatic carbocycles. The fourth-order valence-corrected chi connectivity index (χ4v) is 1.34. The summed E-state index contributed by atoms with van der Waals surface area (Å²) in [5.74, 6) is -0.453. The van der Waals surface area contributed by atoms with Crippen LogP contribution in [-0.4, -0.2) is 22.1 Å². The van der Waals surface area contributed by atoms with E-state index in [1.807, 2.05) is 0 Å². The molecule has 4 nitrogen and oxygen atoms in total. The Morgan fingerprint density at radius 1 is 1.57 bits per heavy atom. The van der Waals surface area contributed by atoms with Crippen molar-refractivity contribution < 1.29 is 9.90 Å². The highest BCUT2D eigenvalue weighted by Gasteiger charge is 2.21. The molecule has 0 unspecified atom stereocenters. The average Bonchev–Trinajstić information content (AvgIpc) is 2.87. The number of halogens is 1. The van der Waals surface area contributed by atoms with Gasteiger partial charge < -0.3 is 10.4 Å². The molecule has 1 aliphatic carbocycles. The Labute approximate surface area is 85.9 Å². The highest BCUT2D eigenvalue weighted by Crippen LogP contribution is 2.25.